The van der Waals surface area contributed by atoms with Gasteiger partial charge in [-0.05, 0) is 24.3 Å². The molecule has 1 aromatic rings. The first-order valence-corrected chi connectivity index (χ1v) is 8.89. The Bertz CT molecular complexity index is 685. The third-order valence-corrected chi connectivity index (χ3v) is 4.56. The van der Waals surface area contributed by atoms with E-state index >= 15 is 0 Å². The summed E-state index contributed by atoms with van der Waals surface area (Å²) in [4.78, 5) is 21.0. The van der Waals surface area contributed by atoms with Crippen LogP contribution >= 0.6 is 23.5 Å². The summed E-state index contributed by atoms with van der Waals surface area (Å²) >= 11 is 9.52. The Balaban J connectivity index is 0.00000126. The number of rotatable bonds is 3. The average Bonchev–Trinajstić information content (AvgIpc) is 2.75. The number of carbonyl (C=O) groups excluding carboxylic acids is 1. The lowest BCUT2D eigenvalue weighted by molar-refractivity contribution is -0.164. The fourth-order valence-corrected chi connectivity index (χ4v) is 2.93. The summed E-state index contributed by atoms with van der Waals surface area (Å²) in [7, 11) is 3.09. The molecule has 1 saturated heterocycles. The number of aliphatic imine (C=N–C) groups is 1. The Kier molecular flexibility index (Phi) is 7.88. The van der Waals surface area contributed by atoms with Gasteiger partial charge in [-0.1, -0.05) is 11.6 Å². The summed E-state index contributed by atoms with van der Waals surface area (Å²) in [5, 5.41) is 3.73. The SMILES string of the molecule is COC1(OC)C=CNC(N2CCN(C(=O)c3ccc(Cl)cc3)CC2)=N1.OCl. The third-order valence-electron chi connectivity index (χ3n) is 4.31. The molecule has 0 atom stereocenters. The van der Waals surface area contributed by atoms with Crippen LogP contribution < -0.4 is 5.32 Å². The van der Waals surface area contributed by atoms with Crippen LogP contribution in [0.4, 0.5) is 0 Å². The Labute approximate surface area is 168 Å². The van der Waals surface area contributed by atoms with Crippen LogP contribution in [0.3, 0.4) is 0 Å². The van der Waals surface area contributed by atoms with Crippen LogP contribution in [0.1, 0.15) is 10.4 Å². The van der Waals surface area contributed by atoms with Crippen molar-refractivity contribution in [1.82, 2.24) is 15.1 Å². The van der Waals surface area contributed by atoms with Crippen LogP contribution in [0.25, 0.3) is 0 Å². The summed E-state index contributed by atoms with van der Waals surface area (Å²) in [5.41, 5.74) is 0.645. The minimum absolute atomic E-state index is 0.0119. The second-order valence-electron chi connectivity index (χ2n) is 5.74. The lowest BCUT2D eigenvalue weighted by Gasteiger charge is -2.38. The topological polar surface area (TPSA) is 86.6 Å². The molecule has 0 aliphatic carbocycles. The van der Waals surface area contributed by atoms with Crippen LogP contribution in [-0.2, 0) is 9.47 Å². The number of nitrogens with zero attached hydrogens (tertiary/aromatic N) is 3. The number of piperazine rings is 1. The quantitative estimate of drug-likeness (QED) is 0.728. The molecule has 0 saturated carbocycles. The van der Waals surface area contributed by atoms with Crippen molar-refractivity contribution < 1.29 is 18.9 Å². The molecule has 0 spiro atoms. The highest BCUT2D eigenvalue weighted by Crippen LogP contribution is 2.19. The molecule has 8 nitrogen and oxygen atoms in total. The van der Waals surface area contributed by atoms with Gasteiger partial charge >= 0.3 is 0 Å². The van der Waals surface area contributed by atoms with E-state index in [1.807, 2.05) is 4.90 Å². The van der Waals surface area contributed by atoms with Gasteiger partial charge in [0.15, 0.2) is 0 Å². The molecule has 27 heavy (non-hydrogen) atoms. The van der Waals surface area contributed by atoms with Crippen molar-refractivity contribution in [2.45, 2.75) is 5.91 Å². The molecule has 0 bridgehead atoms. The van der Waals surface area contributed by atoms with E-state index in [1.54, 1.807) is 50.8 Å². The van der Waals surface area contributed by atoms with Gasteiger partial charge in [0.2, 0.25) is 5.96 Å². The molecule has 3 rings (SSSR count). The van der Waals surface area contributed by atoms with Crippen molar-refractivity contribution in [3.8, 4) is 0 Å². The molecule has 2 heterocycles. The Morgan fingerprint density at radius 3 is 2.30 bits per heavy atom. The van der Waals surface area contributed by atoms with Gasteiger partial charge in [0.05, 0.1) is 11.9 Å². The van der Waals surface area contributed by atoms with Crippen molar-refractivity contribution in [2.24, 2.45) is 4.99 Å². The van der Waals surface area contributed by atoms with Gasteiger partial charge in [-0.15, -0.1) is 0 Å². The van der Waals surface area contributed by atoms with Crippen molar-refractivity contribution in [3.63, 3.8) is 0 Å². The van der Waals surface area contributed by atoms with Gasteiger partial charge in [0.25, 0.3) is 11.8 Å². The fraction of sp³-hybridized carbons (Fsp3) is 0.412. The predicted molar refractivity (Wildman–Crippen MR) is 103 cm³/mol. The monoisotopic (exact) mass is 416 g/mol. The number of guanidine groups is 1. The highest BCUT2D eigenvalue weighted by Gasteiger charge is 2.32. The second-order valence-corrected chi connectivity index (χ2v) is 6.17. The van der Waals surface area contributed by atoms with E-state index in [9.17, 15) is 4.79 Å². The Morgan fingerprint density at radius 1 is 1.15 bits per heavy atom. The minimum atomic E-state index is -1.10. The highest BCUT2D eigenvalue weighted by molar-refractivity contribution is 6.30. The number of methoxy groups -OCH3 is 2. The van der Waals surface area contributed by atoms with Gasteiger partial charge < -0.3 is 24.6 Å². The molecular formula is C17H22Cl2N4O4. The molecule has 2 N–H and O–H groups in total. The fourth-order valence-electron chi connectivity index (χ4n) is 2.81. The van der Waals surface area contributed by atoms with E-state index in [1.165, 1.54) is 0 Å². The molecule has 0 aromatic heterocycles. The summed E-state index contributed by atoms with van der Waals surface area (Å²) in [5.74, 6) is -0.417. The molecule has 0 radical (unpaired) electrons. The number of hydrogen-bond acceptors (Lipinski definition) is 7. The zero-order valence-corrected chi connectivity index (χ0v) is 16.6. The molecule has 0 unspecified atom stereocenters. The second kappa shape index (κ2) is 9.91. The number of halogens is 2. The number of ether oxygens (including phenoxy) is 2. The third kappa shape index (κ3) is 5.12. The first-order chi connectivity index (χ1) is 13.1. The van der Waals surface area contributed by atoms with E-state index in [2.05, 4.69) is 27.1 Å². The van der Waals surface area contributed by atoms with Gasteiger partial charge in [0, 0.05) is 63.3 Å². The zero-order chi connectivity index (χ0) is 19.9. The molecule has 1 amide bonds. The lowest BCUT2D eigenvalue weighted by Crippen LogP contribution is -2.54. The predicted octanol–water partition coefficient (Wildman–Crippen LogP) is 1.65. The van der Waals surface area contributed by atoms with Gasteiger partial charge in [0.1, 0.15) is 0 Å². The average molecular weight is 417 g/mol. The first-order valence-electron chi connectivity index (χ1n) is 8.18. The summed E-state index contributed by atoms with van der Waals surface area (Å²) < 4.78 is 17.1. The van der Waals surface area contributed by atoms with E-state index in [-0.39, 0.29) is 5.91 Å². The number of carbonyl (C=O) groups is 1. The molecule has 2 aliphatic rings. The first kappa shape index (κ1) is 21.5. The van der Waals surface area contributed by atoms with E-state index in [0.29, 0.717) is 42.7 Å². The molecule has 1 aromatic carbocycles. The lowest BCUT2D eigenvalue weighted by atomic mass is 10.2. The van der Waals surface area contributed by atoms with Crippen LogP contribution in [0, 0.1) is 0 Å². The van der Waals surface area contributed by atoms with Crippen molar-refractivity contribution in [2.75, 3.05) is 40.4 Å². The van der Waals surface area contributed by atoms with Crippen molar-refractivity contribution in [1.29, 1.82) is 0 Å². The zero-order valence-electron chi connectivity index (χ0n) is 15.1. The van der Waals surface area contributed by atoms with E-state index < -0.39 is 5.91 Å². The molecule has 2 aliphatic heterocycles. The maximum atomic E-state index is 12.6. The maximum Gasteiger partial charge on any atom is 0.294 e. The maximum absolute atomic E-state index is 12.6. The molecule has 1 fully saturated rings. The van der Waals surface area contributed by atoms with E-state index in [4.69, 9.17) is 25.7 Å². The number of hydrogen-bond donors (Lipinski definition) is 2. The standard InChI is InChI=1S/C17H21ClN4O3.ClHO/c1-24-17(25-2)7-8-19-16(20-17)22-11-9-21(10-12-22)15(23)13-3-5-14(18)6-4-13;1-2/h3-8H,9-12H2,1-2H3,(H,19,20);2H. The van der Waals surface area contributed by atoms with E-state index in [0.717, 1.165) is 0 Å². The summed E-state index contributed by atoms with van der Waals surface area (Å²) in [6.45, 7) is 2.56. The summed E-state index contributed by atoms with van der Waals surface area (Å²) in [6, 6.07) is 6.96. The molecular weight excluding hydrogens is 395 g/mol. The smallest absolute Gasteiger partial charge is 0.294 e. The normalized spacial score (nSPS) is 18.2. The van der Waals surface area contributed by atoms with Crippen LogP contribution in [0.15, 0.2) is 41.5 Å². The number of nitrogens with one attached hydrogen (secondary N) is 1. The largest absolute Gasteiger partial charge is 0.339 e. The van der Waals surface area contributed by atoms with Gasteiger partial charge in [-0.2, -0.15) is 4.99 Å². The Morgan fingerprint density at radius 2 is 1.74 bits per heavy atom. The molecule has 10 heteroatoms. The molecule has 148 valence electrons. The number of amides is 1. The van der Waals surface area contributed by atoms with Crippen LogP contribution in [0.5, 0.6) is 0 Å². The van der Waals surface area contributed by atoms with Crippen LogP contribution in [-0.4, -0.2) is 72.6 Å². The minimum Gasteiger partial charge on any atom is -0.339 e. The highest BCUT2D eigenvalue weighted by atomic mass is 35.5. The Hall–Kier alpha value is -1.84. The van der Waals surface area contributed by atoms with Crippen molar-refractivity contribution >= 4 is 35.3 Å². The summed E-state index contributed by atoms with van der Waals surface area (Å²) in [6.07, 6.45) is 3.46. The van der Waals surface area contributed by atoms with Crippen molar-refractivity contribution in [3.05, 3.63) is 47.1 Å². The van der Waals surface area contributed by atoms with Crippen LogP contribution in [0.2, 0.25) is 5.02 Å². The number of benzene rings is 1. The van der Waals surface area contributed by atoms with Gasteiger partial charge in [-0.25, -0.2) is 0 Å². The van der Waals surface area contributed by atoms with Gasteiger partial charge in [-0.3, -0.25) is 9.45 Å².